The second kappa shape index (κ2) is 5.08. The predicted molar refractivity (Wildman–Crippen MR) is 69.6 cm³/mol. The molecule has 0 aliphatic heterocycles. The Balaban J connectivity index is 2.91. The lowest BCUT2D eigenvalue weighted by atomic mass is 10.1. The second-order valence-electron chi connectivity index (χ2n) is 5.04. The molecule has 0 radical (unpaired) electrons. The Bertz CT molecular complexity index is 476. The molecule has 0 heterocycles. The molecule has 1 aromatic carbocycles. The molecule has 3 N–H and O–H groups in total. The van der Waals surface area contributed by atoms with Gasteiger partial charge in [0.05, 0.1) is 11.3 Å². The Labute approximate surface area is 106 Å². The molecule has 0 unspecified atom stereocenters. The van der Waals surface area contributed by atoms with Gasteiger partial charge >= 0.3 is 6.09 Å². The van der Waals surface area contributed by atoms with Gasteiger partial charge in [0, 0.05) is 0 Å². The van der Waals surface area contributed by atoms with E-state index < -0.39 is 17.6 Å². The molecule has 0 saturated carbocycles. The van der Waals surface area contributed by atoms with Gasteiger partial charge in [0.25, 0.3) is 5.91 Å². The zero-order valence-corrected chi connectivity index (χ0v) is 11.0. The zero-order chi connectivity index (χ0) is 13.9. The lowest BCUT2D eigenvalue weighted by molar-refractivity contribution is 0.0636. The second-order valence-corrected chi connectivity index (χ2v) is 5.04. The van der Waals surface area contributed by atoms with Gasteiger partial charge in [0.2, 0.25) is 0 Å². The molecule has 0 aliphatic carbocycles. The van der Waals surface area contributed by atoms with Crippen molar-refractivity contribution in [2.24, 2.45) is 5.73 Å². The molecule has 0 saturated heterocycles. The van der Waals surface area contributed by atoms with Crippen LogP contribution in [0.4, 0.5) is 10.5 Å². The van der Waals surface area contributed by atoms with Gasteiger partial charge in [0.15, 0.2) is 0 Å². The van der Waals surface area contributed by atoms with Crippen molar-refractivity contribution in [1.82, 2.24) is 0 Å². The first-order valence-corrected chi connectivity index (χ1v) is 5.59. The summed E-state index contributed by atoms with van der Waals surface area (Å²) in [6, 6.07) is 5.02. The number of benzene rings is 1. The van der Waals surface area contributed by atoms with Crippen molar-refractivity contribution >= 4 is 17.7 Å². The fraction of sp³-hybridized carbons (Fsp3) is 0.385. The van der Waals surface area contributed by atoms with Crippen LogP contribution in [0.25, 0.3) is 0 Å². The number of anilines is 1. The summed E-state index contributed by atoms with van der Waals surface area (Å²) in [5.41, 5.74) is 6.16. The molecule has 1 aromatic rings. The highest BCUT2D eigenvalue weighted by atomic mass is 16.6. The van der Waals surface area contributed by atoms with E-state index in [1.807, 2.05) is 6.92 Å². The lowest BCUT2D eigenvalue weighted by Gasteiger charge is -2.20. The quantitative estimate of drug-likeness (QED) is 0.845. The molecule has 0 spiro atoms. The standard InChI is InChI=1S/C13H18N2O3/c1-8-5-6-10(9(7-8)11(14)16)15-12(17)18-13(2,3)4/h5-7H,1-4H3,(H2,14,16)(H,15,17). The summed E-state index contributed by atoms with van der Waals surface area (Å²) >= 11 is 0. The maximum atomic E-state index is 11.6. The molecule has 5 heteroatoms. The van der Waals surface area contributed by atoms with Crippen LogP contribution in [-0.4, -0.2) is 17.6 Å². The Kier molecular flexibility index (Phi) is 3.96. The molecule has 1 rings (SSSR count). The molecule has 0 bridgehead atoms. The highest BCUT2D eigenvalue weighted by molar-refractivity contribution is 6.01. The van der Waals surface area contributed by atoms with Gasteiger partial charge in [-0.2, -0.15) is 0 Å². The first-order valence-electron chi connectivity index (χ1n) is 5.59. The number of aryl methyl sites for hydroxylation is 1. The number of rotatable bonds is 2. The van der Waals surface area contributed by atoms with Crippen LogP contribution < -0.4 is 11.1 Å². The minimum Gasteiger partial charge on any atom is -0.444 e. The van der Waals surface area contributed by atoms with Crippen molar-refractivity contribution in [3.8, 4) is 0 Å². The van der Waals surface area contributed by atoms with Gasteiger partial charge in [-0.05, 0) is 39.8 Å². The van der Waals surface area contributed by atoms with E-state index >= 15 is 0 Å². The predicted octanol–water partition coefficient (Wildman–Crippen LogP) is 2.44. The molecule has 0 atom stereocenters. The summed E-state index contributed by atoms with van der Waals surface area (Å²) in [6.45, 7) is 7.12. The van der Waals surface area contributed by atoms with E-state index in [2.05, 4.69) is 5.32 Å². The van der Waals surface area contributed by atoms with Crippen LogP contribution >= 0.6 is 0 Å². The summed E-state index contributed by atoms with van der Waals surface area (Å²) in [5.74, 6) is -0.593. The van der Waals surface area contributed by atoms with Gasteiger partial charge in [-0.15, -0.1) is 0 Å². The average Bonchev–Trinajstić information content (AvgIpc) is 2.17. The molecule has 5 nitrogen and oxygen atoms in total. The van der Waals surface area contributed by atoms with Gasteiger partial charge in [-0.3, -0.25) is 10.1 Å². The zero-order valence-electron chi connectivity index (χ0n) is 11.0. The van der Waals surface area contributed by atoms with E-state index in [0.29, 0.717) is 5.69 Å². The number of carbonyl (C=O) groups is 2. The highest BCUT2D eigenvalue weighted by Crippen LogP contribution is 2.18. The number of nitrogens with two attached hydrogens (primary N) is 1. The van der Waals surface area contributed by atoms with Crippen LogP contribution in [0.3, 0.4) is 0 Å². The number of hydrogen-bond acceptors (Lipinski definition) is 3. The number of ether oxygens (including phenoxy) is 1. The van der Waals surface area contributed by atoms with Crippen LogP contribution in [0, 0.1) is 6.92 Å². The van der Waals surface area contributed by atoms with Crippen LogP contribution in [0.2, 0.25) is 0 Å². The molecule has 0 fully saturated rings. The van der Waals surface area contributed by atoms with E-state index in [1.54, 1.807) is 39.0 Å². The molecule has 18 heavy (non-hydrogen) atoms. The van der Waals surface area contributed by atoms with Crippen molar-refractivity contribution < 1.29 is 14.3 Å². The van der Waals surface area contributed by atoms with Gasteiger partial charge in [-0.25, -0.2) is 4.79 Å². The molecule has 2 amide bonds. The summed E-state index contributed by atoms with van der Waals surface area (Å²) < 4.78 is 5.10. The van der Waals surface area contributed by atoms with Crippen molar-refractivity contribution in [3.05, 3.63) is 29.3 Å². The SMILES string of the molecule is Cc1ccc(NC(=O)OC(C)(C)C)c(C(N)=O)c1. The fourth-order valence-corrected chi connectivity index (χ4v) is 1.38. The van der Waals surface area contributed by atoms with Crippen molar-refractivity contribution in [1.29, 1.82) is 0 Å². The smallest absolute Gasteiger partial charge is 0.412 e. The van der Waals surface area contributed by atoms with Gasteiger partial charge < -0.3 is 10.5 Å². The number of amides is 2. The summed E-state index contributed by atoms with van der Waals surface area (Å²) in [4.78, 5) is 22.9. The van der Waals surface area contributed by atoms with Crippen LogP contribution in [0.5, 0.6) is 0 Å². The Hall–Kier alpha value is -2.04. The fourth-order valence-electron chi connectivity index (χ4n) is 1.38. The van der Waals surface area contributed by atoms with Crippen molar-refractivity contribution in [3.63, 3.8) is 0 Å². The van der Waals surface area contributed by atoms with Crippen molar-refractivity contribution in [2.45, 2.75) is 33.3 Å². The minimum atomic E-state index is -0.617. The highest BCUT2D eigenvalue weighted by Gasteiger charge is 2.18. The number of primary amides is 1. The van der Waals surface area contributed by atoms with Gasteiger partial charge in [-0.1, -0.05) is 11.6 Å². The first-order chi connectivity index (χ1) is 8.19. The van der Waals surface area contributed by atoms with E-state index in [-0.39, 0.29) is 5.56 Å². The molecule has 0 aliphatic rings. The van der Waals surface area contributed by atoms with Crippen LogP contribution in [-0.2, 0) is 4.74 Å². The summed E-state index contributed by atoms with van der Waals surface area (Å²) in [5, 5.41) is 2.51. The minimum absolute atomic E-state index is 0.265. The van der Waals surface area contributed by atoms with E-state index in [1.165, 1.54) is 0 Å². The maximum Gasteiger partial charge on any atom is 0.412 e. The Morgan fingerprint density at radius 1 is 1.28 bits per heavy atom. The number of nitrogens with one attached hydrogen (secondary N) is 1. The lowest BCUT2D eigenvalue weighted by Crippen LogP contribution is -2.28. The molecule has 0 aromatic heterocycles. The Morgan fingerprint density at radius 3 is 2.39 bits per heavy atom. The summed E-state index contributed by atoms with van der Waals surface area (Å²) in [7, 11) is 0. The van der Waals surface area contributed by atoms with E-state index in [4.69, 9.17) is 10.5 Å². The summed E-state index contributed by atoms with van der Waals surface area (Å²) in [6.07, 6.45) is -0.617. The topological polar surface area (TPSA) is 81.4 Å². The van der Waals surface area contributed by atoms with Gasteiger partial charge in [0.1, 0.15) is 5.60 Å². The first kappa shape index (κ1) is 14.0. The molecular formula is C13H18N2O3. The maximum absolute atomic E-state index is 11.6. The van der Waals surface area contributed by atoms with Crippen LogP contribution in [0.1, 0.15) is 36.7 Å². The average molecular weight is 250 g/mol. The van der Waals surface area contributed by atoms with E-state index in [0.717, 1.165) is 5.56 Å². The number of hydrogen-bond donors (Lipinski definition) is 2. The third kappa shape index (κ3) is 4.08. The molecular weight excluding hydrogens is 232 g/mol. The monoisotopic (exact) mass is 250 g/mol. The van der Waals surface area contributed by atoms with Crippen molar-refractivity contribution in [2.75, 3.05) is 5.32 Å². The third-order valence-corrected chi connectivity index (χ3v) is 2.08. The normalized spacial score (nSPS) is 10.9. The third-order valence-electron chi connectivity index (χ3n) is 2.08. The Morgan fingerprint density at radius 2 is 1.89 bits per heavy atom. The number of carbonyl (C=O) groups excluding carboxylic acids is 2. The molecule has 98 valence electrons. The van der Waals surface area contributed by atoms with Crippen LogP contribution in [0.15, 0.2) is 18.2 Å². The largest absolute Gasteiger partial charge is 0.444 e. The van der Waals surface area contributed by atoms with E-state index in [9.17, 15) is 9.59 Å².